The Morgan fingerprint density at radius 3 is 2.38 bits per heavy atom. The molecule has 1 amide bonds. The van der Waals surface area contributed by atoms with Crippen LogP contribution in [0.1, 0.15) is 34.1 Å². The molecule has 0 aromatic carbocycles. The van der Waals surface area contributed by atoms with Crippen LogP contribution in [0.2, 0.25) is 0 Å². The lowest BCUT2D eigenvalue weighted by atomic mass is 10.2. The maximum Gasteiger partial charge on any atom is 0.319 e. The second-order valence-electron chi connectivity index (χ2n) is 3.73. The van der Waals surface area contributed by atoms with Crippen LogP contribution in [-0.4, -0.2) is 37.1 Å². The average molecular weight is 230 g/mol. The molecule has 0 radical (unpaired) electrons. The molecule has 0 aromatic heterocycles. The number of rotatable bonds is 7. The van der Waals surface area contributed by atoms with E-state index in [0.717, 1.165) is 6.42 Å². The lowest BCUT2D eigenvalue weighted by Crippen LogP contribution is -2.46. The molecule has 2 unspecified atom stereocenters. The molecule has 0 bridgehead atoms. The highest BCUT2D eigenvalue weighted by atomic mass is 16.5. The first-order chi connectivity index (χ1) is 7.51. The van der Waals surface area contributed by atoms with E-state index in [1.807, 2.05) is 13.8 Å². The Balaban J connectivity index is 3.83. The van der Waals surface area contributed by atoms with E-state index in [-0.39, 0.29) is 24.5 Å². The number of hydrogen-bond donors (Lipinski definition) is 2. The molecule has 2 atom stereocenters. The van der Waals surface area contributed by atoms with Gasteiger partial charge in [0.05, 0.1) is 19.2 Å². The van der Waals surface area contributed by atoms with Crippen LogP contribution in [0.4, 0.5) is 0 Å². The maximum atomic E-state index is 11.6. The molecule has 0 aromatic rings. The summed E-state index contributed by atoms with van der Waals surface area (Å²) < 4.78 is 4.74. The molecule has 0 spiro atoms. The fraction of sp³-hybridized carbons (Fsp3) is 0.818. The average Bonchev–Trinajstić information content (AvgIpc) is 2.25. The first kappa shape index (κ1) is 14.9. The van der Waals surface area contributed by atoms with Gasteiger partial charge < -0.3 is 10.1 Å². The zero-order valence-electron chi connectivity index (χ0n) is 10.5. The molecular formula is C11H22N2O3. The Bertz CT molecular complexity index is 231. The smallest absolute Gasteiger partial charge is 0.319 e. The van der Waals surface area contributed by atoms with E-state index in [4.69, 9.17) is 4.74 Å². The number of esters is 1. The Labute approximate surface area is 96.9 Å². The summed E-state index contributed by atoms with van der Waals surface area (Å²) in [5.41, 5.74) is 0. The highest BCUT2D eigenvalue weighted by molar-refractivity contribution is 5.82. The first-order valence-corrected chi connectivity index (χ1v) is 5.70. The van der Waals surface area contributed by atoms with Crippen molar-refractivity contribution in [3.05, 3.63) is 0 Å². The van der Waals surface area contributed by atoms with E-state index in [9.17, 15) is 9.59 Å². The molecular weight excluding hydrogens is 208 g/mol. The van der Waals surface area contributed by atoms with Crippen LogP contribution in [0.3, 0.4) is 0 Å². The molecule has 0 saturated carbocycles. The van der Waals surface area contributed by atoms with Crippen molar-refractivity contribution in [1.29, 1.82) is 0 Å². The number of carbonyl (C=O) groups excluding carboxylic acids is 2. The van der Waals surface area contributed by atoms with Crippen LogP contribution < -0.4 is 10.6 Å². The molecule has 0 heterocycles. The first-order valence-electron chi connectivity index (χ1n) is 5.70. The van der Waals surface area contributed by atoms with Gasteiger partial charge in [-0.05, 0) is 27.2 Å². The predicted octanol–water partition coefficient (Wildman–Crippen LogP) is 0.442. The van der Waals surface area contributed by atoms with Crippen LogP contribution in [0, 0.1) is 0 Å². The van der Waals surface area contributed by atoms with Crippen molar-refractivity contribution in [3.8, 4) is 0 Å². The van der Waals surface area contributed by atoms with Crippen molar-refractivity contribution < 1.29 is 14.3 Å². The summed E-state index contributed by atoms with van der Waals surface area (Å²) in [5.74, 6) is -0.440. The molecule has 16 heavy (non-hydrogen) atoms. The van der Waals surface area contributed by atoms with Crippen LogP contribution >= 0.6 is 0 Å². The van der Waals surface area contributed by atoms with Crippen molar-refractivity contribution in [2.45, 2.75) is 46.2 Å². The molecule has 5 nitrogen and oxygen atoms in total. The number of carbonyl (C=O) groups is 2. The standard InChI is InChI=1S/C11H22N2O3/c1-5-8(3)13-11(15)9(4)12-7-10(14)16-6-2/h8-9,12H,5-7H2,1-4H3,(H,13,15). The molecule has 0 aliphatic carbocycles. The minimum atomic E-state index is -0.390. The van der Waals surface area contributed by atoms with Gasteiger partial charge in [0.25, 0.3) is 0 Å². The number of nitrogens with one attached hydrogen (secondary N) is 2. The summed E-state index contributed by atoms with van der Waals surface area (Å²) in [5, 5.41) is 5.64. The molecule has 0 fully saturated rings. The van der Waals surface area contributed by atoms with E-state index in [1.165, 1.54) is 0 Å². The summed E-state index contributed by atoms with van der Waals surface area (Å²) in [6.07, 6.45) is 0.885. The van der Waals surface area contributed by atoms with Gasteiger partial charge in [-0.2, -0.15) is 0 Å². The van der Waals surface area contributed by atoms with Gasteiger partial charge in [-0.3, -0.25) is 14.9 Å². The normalized spacial score (nSPS) is 14.0. The second-order valence-corrected chi connectivity index (χ2v) is 3.73. The van der Waals surface area contributed by atoms with Crippen LogP contribution in [0.25, 0.3) is 0 Å². The molecule has 2 N–H and O–H groups in total. The number of hydrogen-bond acceptors (Lipinski definition) is 4. The Kier molecular flexibility index (Phi) is 7.54. The van der Waals surface area contributed by atoms with Gasteiger partial charge in [0, 0.05) is 6.04 Å². The summed E-state index contributed by atoms with van der Waals surface area (Å²) in [6.45, 7) is 7.82. The summed E-state index contributed by atoms with van der Waals surface area (Å²) in [6, 6.07) is -0.238. The third-order valence-electron chi connectivity index (χ3n) is 2.25. The fourth-order valence-corrected chi connectivity index (χ4v) is 1.01. The zero-order chi connectivity index (χ0) is 12.6. The van der Waals surface area contributed by atoms with Gasteiger partial charge in [0.15, 0.2) is 0 Å². The summed E-state index contributed by atoms with van der Waals surface area (Å²) in [7, 11) is 0. The highest BCUT2D eigenvalue weighted by Gasteiger charge is 2.15. The Morgan fingerprint density at radius 1 is 1.25 bits per heavy atom. The van der Waals surface area contributed by atoms with Gasteiger partial charge in [-0.25, -0.2) is 0 Å². The second kappa shape index (κ2) is 8.10. The van der Waals surface area contributed by atoms with Crippen molar-refractivity contribution in [2.75, 3.05) is 13.2 Å². The van der Waals surface area contributed by atoms with E-state index in [0.29, 0.717) is 6.61 Å². The zero-order valence-corrected chi connectivity index (χ0v) is 10.5. The van der Waals surface area contributed by atoms with Crippen molar-refractivity contribution >= 4 is 11.9 Å². The van der Waals surface area contributed by atoms with E-state index in [2.05, 4.69) is 10.6 Å². The van der Waals surface area contributed by atoms with Crippen LogP contribution in [0.5, 0.6) is 0 Å². The maximum absolute atomic E-state index is 11.6. The molecule has 0 aliphatic heterocycles. The van der Waals surface area contributed by atoms with Gasteiger partial charge in [-0.15, -0.1) is 0 Å². The fourth-order valence-electron chi connectivity index (χ4n) is 1.01. The Hall–Kier alpha value is -1.10. The minimum absolute atomic E-state index is 0.0585. The van der Waals surface area contributed by atoms with Gasteiger partial charge in [0.2, 0.25) is 5.91 Å². The van der Waals surface area contributed by atoms with E-state index in [1.54, 1.807) is 13.8 Å². The highest BCUT2D eigenvalue weighted by Crippen LogP contribution is 1.90. The largest absolute Gasteiger partial charge is 0.465 e. The van der Waals surface area contributed by atoms with Crippen LogP contribution in [0.15, 0.2) is 0 Å². The quantitative estimate of drug-likeness (QED) is 0.623. The van der Waals surface area contributed by atoms with E-state index >= 15 is 0 Å². The molecule has 5 heteroatoms. The lowest BCUT2D eigenvalue weighted by molar-refractivity contribution is -0.142. The summed E-state index contributed by atoms with van der Waals surface area (Å²) in [4.78, 5) is 22.6. The molecule has 94 valence electrons. The topological polar surface area (TPSA) is 67.4 Å². The van der Waals surface area contributed by atoms with Crippen molar-refractivity contribution in [1.82, 2.24) is 10.6 Å². The van der Waals surface area contributed by atoms with Gasteiger partial charge in [-0.1, -0.05) is 6.92 Å². The third-order valence-corrected chi connectivity index (χ3v) is 2.25. The van der Waals surface area contributed by atoms with Crippen molar-refractivity contribution in [2.24, 2.45) is 0 Å². The Morgan fingerprint density at radius 2 is 1.88 bits per heavy atom. The van der Waals surface area contributed by atoms with Crippen LogP contribution in [-0.2, 0) is 14.3 Å². The molecule has 0 aliphatic rings. The SMILES string of the molecule is CCOC(=O)CNC(C)C(=O)NC(C)CC. The lowest BCUT2D eigenvalue weighted by Gasteiger charge is -2.16. The summed E-state index contributed by atoms with van der Waals surface area (Å²) >= 11 is 0. The molecule has 0 saturated heterocycles. The predicted molar refractivity (Wildman–Crippen MR) is 62.0 cm³/mol. The number of amides is 1. The monoisotopic (exact) mass is 230 g/mol. The van der Waals surface area contributed by atoms with E-state index < -0.39 is 6.04 Å². The van der Waals surface area contributed by atoms with Crippen molar-refractivity contribution in [3.63, 3.8) is 0 Å². The van der Waals surface area contributed by atoms with Gasteiger partial charge in [0.1, 0.15) is 0 Å². The third kappa shape index (κ3) is 6.40. The minimum Gasteiger partial charge on any atom is -0.465 e. The van der Waals surface area contributed by atoms with Gasteiger partial charge >= 0.3 is 5.97 Å². The molecule has 0 rings (SSSR count). The number of ether oxygens (including phenoxy) is 1.